The first-order valence-corrected chi connectivity index (χ1v) is 8.06. The van der Waals surface area contributed by atoms with Gasteiger partial charge < -0.3 is 37.9 Å². The van der Waals surface area contributed by atoms with Crippen LogP contribution < -0.4 is 33.5 Å². The fraction of sp³-hybridized carbons (Fsp3) is 0.300. The van der Waals surface area contributed by atoms with Gasteiger partial charge in [-0.15, -0.1) is 0 Å². The van der Waals surface area contributed by atoms with Crippen LogP contribution in [0, 0.1) is 0 Å². The zero-order chi connectivity index (χ0) is 16.0. The maximum atomic E-state index is 5.79. The Balaban J connectivity index is 0.00000169. The number of halogens is 1. The van der Waals surface area contributed by atoms with Crippen molar-refractivity contribution in [3.05, 3.63) is 48.0 Å². The molecule has 3 aromatic rings. The minimum atomic E-state index is 0. The quantitative estimate of drug-likeness (QED) is 0.347. The highest BCUT2D eigenvalue weighted by Gasteiger charge is 2.22. The summed E-state index contributed by atoms with van der Waals surface area (Å²) in [5.41, 5.74) is 1.34. The highest BCUT2D eigenvalue weighted by molar-refractivity contribution is 6.12. The van der Waals surface area contributed by atoms with Crippen molar-refractivity contribution >= 4 is 21.5 Å². The van der Waals surface area contributed by atoms with Crippen LogP contribution in [0.1, 0.15) is 5.56 Å². The molecule has 24 heavy (non-hydrogen) atoms. The minimum Gasteiger partial charge on any atom is -1.00 e. The first kappa shape index (κ1) is 17.3. The molecule has 0 bridgehead atoms. The SMILES string of the molecule is C[N+](C)(C)CCc1cc2c(c3c1ccc1ccccc13)OCO2.[I-]. The van der Waals surface area contributed by atoms with Crippen molar-refractivity contribution in [1.29, 1.82) is 0 Å². The van der Waals surface area contributed by atoms with Gasteiger partial charge in [-0.3, -0.25) is 0 Å². The van der Waals surface area contributed by atoms with Gasteiger partial charge in [0.15, 0.2) is 11.5 Å². The number of likely N-dealkylation sites (N-methyl/N-ethyl adjacent to an activating group) is 1. The number of hydrogen-bond acceptors (Lipinski definition) is 2. The molecule has 3 nitrogen and oxygen atoms in total. The number of ether oxygens (including phenoxy) is 2. The zero-order valence-corrected chi connectivity index (χ0v) is 16.5. The number of hydrogen-bond donors (Lipinski definition) is 0. The zero-order valence-electron chi connectivity index (χ0n) is 14.3. The minimum absolute atomic E-state index is 0. The molecule has 4 rings (SSSR count). The molecule has 0 unspecified atom stereocenters. The molecule has 3 aromatic carbocycles. The lowest BCUT2D eigenvalue weighted by Gasteiger charge is -2.24. The molecule has 0 amide bonds. The first-order chi connectivity index (χ1) is 11.0. The van der Waals surface area contributed by atoms with Gasteiger partial charge in [0, 0.05) is 11.8 Å². The van der Waals surface area contributed by atoms with Gasteiger partial charge in [-0.2, -0.15) is 0 Å². The summed E-state index contributed by atoms with van der Waals surface area (Å²) in [6, 6.07) is 15.1. The predicted molar refractivity (Wildman–Crippen MR) is 94.2 cm³/mol. The van der Waals surface area contributed by atoms with Crippen molar-refractivity contribution in [1.82, 2.24) is 0 Å². The van der Waals surface area contributed by atoms with Crippen LogP contribution in [0.15, 0.2) is 42.5 Å². The smallest absolute Gasteiger partial charge is 0.231 e. The van der Waals surface area contributed by atoms with Crippen molar-refractivity contribution in [3.63, 3.8) is 0 Å². The maximum absolute atomic E-state index is 5.79. The summed E-state index contributed by atoms with van der Waals surface area (Å²) in [5, 5.41) is 4.94. The fourth-order valence-electron chi connectivity index (χ4n) is 3.27. The standard InChI is InChI=1S/C20H22NO2.HI/c1-21(2,3)11-10-15-12-18-20(23-13-22-18)19-16-7-5-4-6-14(16)8-9-17(15)19;/h4-9,12H,10-11,13H2,1-3H3;1H/q+1;/p-1. The topological polar surface area (TPSA) is 18.5 Å². The van der Waals surface area contributed by atoms with E-state index in [-0.39, 0.29) is 24.0 Å². The molecular formula is C20H22INO2. The monoisotopic (exact) mass is 435 g/mol. The molecule has 4 heteroatoms. The third-order valence-corrected chi connectivity index (χ3v) is 4.50. The van der Waals surface area contributed by atoms with E-state index >= 15 is 0 Å². The Hall–Kier alpha value is -1.53. The molecule has 0 aromatic heterocycles. The van der Waals surface area contributed by atoms with Gasteiger partial charge in [0.1, 0.15) is 0 Å². The number of nitrogens with zero attached hydrogens (tertiary/aromatic N) is 1. The number of rotatable bonds is 3. The van der Waals surface area contributed by atoms with Crippen molar-refractivity contribution < 1.29 is 37.9 Å². The number of quaternary nitrogens is 1. The Morgan fingerprint density at radius 1 is 0.958 bits per heavy atom. The summed E-state index contributed by atoms with van der Waals surface area (Å²) in [4.78, 5) is 0. The molecule has 0 radical (unpaired) electrons. The van der Waals surface area contributed by atoms with Crippen LogP contribution in [-0.4, -0.2) is 39.0 Å². The van der Waals surface area contributed by atoms with Gasteiger partial charge in [0.2, 0.25) is 6.79 Å². The van der Waals surface area contributed by atoms with Gasteiger partial charge in [-0.1, -0.05) is 36.4 Å². The Labute approximate surface area is 159 Å². The van der Waals surface area contributed by atoms with Crippen LogP contribution in [0.25, 0.3) is 21.5 Å². The Morgan fingerprint density at radius 3 is 2.54 bits per heavy atom. The van der Waals surface area contributed by atoms with Crippen LogP contribution in [0.5, 0.6) is 11.5 Å². The van der Waals surface area contributed by atoms with E-state index in [9.17, 15) is 0 Å². The van der Waals surface area contributed by atoms with Crippen LogP contribution in [0.4, 0.5) is 0 Å². The van der Waals surface area contributed by atoms with Gasteiger partial charge in [-0.25, -0.2) is 0 Å². The van der Waals surface area contributed by atoms with Gasteiger partial charge in [0.05, 0.1) is 27.7 Å². The van der Waals surface area contributed by atoms with Gasteiger partial charge >= 0.3 is 0 Å². The van der Waals surface area contributed by atoms with Crippen molar-refractivity contribution in [3.8, 4) is 11.5 Å². The Morgan fingerprint density at radius 2 is 1.75 bits per heavy atom. The van der Waals surface area contributed by atoms with Gasteiger partial charge in [0.25, 0.3) is 0 Å². The fourth-order valence-corrected chi connectivity index (χ4v) is 3.27. The van der Waals surface area contributed by atoms with Crippen molar-refractivity contribution in [2.24, 2.45) is 0 Å². The molecule has 126 valence electrons. The normalized spacial score (nSPS) is 13.3. The van der Waals surface area contributed by atoms with Crippen LogP contribution in [0.2, 0.25) is 0 Å². The van der Waals surface area contributed by atoms with E-state index in [4.69, 9.17) is 9.47 Å². The predicted octanol–water partition coefficient (Wildman–Crippen LogP) is 0.974. The molecule has 0 saturated heterocycles. The van der Waals surface area contributed by atoms with Crippen LogP contribution in [-0.2, 0) is 6.42 Å². The molecule has 1 aliphatic heterocycles. The second-order valence-corrected chi connectivity index (χ2v) is 7.24. The molecule has 0 fully saturated rings. The summed E-state index contributed by atoms with van der Waals surface area (Å²) in [6.45, 7) is 1.40. The lowest BCUT2D eigenvalue weighted by molar-refractivity contribution is -0.870. The first-order valence-electron chi connectivity index (χ1n) is 8.06. The highest BCUT2D eigenvalue weighted by atomic mass is 127. The van der Waals surface area contributed by atoms with Crippen LogP contribution in [0.3, 0.4) is 0 Å². The van der Waals surface area contributed by atoms with E-state index in [0.717, 1.165) is 28.9 Å². The molecule has 0 aliphatic carbocycles. The average molecular weight is 435 g/mol. The molecule has 0 N–H and O–H groups in total. The molecule has 0 spiro atoms. The van der Waals surface area contributed by atoms with E-state index in [1.54, 1.807) is 0 Å². The number of fused-ring (bicyclic) bond motifs is 5. The van der Waals surface area contributed by atoms with E-state index in [2.05, 4.69) is 63.6 Å². The Bertz CT molecular complexity index is 899. The van der Waals surface area contributed by atoms with Crippen molar-refractivity contribution in [2.45, 2.75) is 6.42 Å². The summed E-state index contributed by atoms with van der Waals surface area (Å²) in [5.74, 6) is 1.77. The van der Waals surface area contributed by atoms with E-state index < -0.39 is 0 Å². The van der Waals surface area contributed by atoms with E-state index in [1.807, 2.05) is 0 Å². The summed E-state index contributed by atoms with van der Waals surface area (Å²) < 4.78 is 12.4. The third kappa shape index (κ3) is 3.05. The van der Waals surface area contributed by atoms with Crippen molar-refractivity contribution in [2.75, 3.05) is 34.5 Å². The Kier molecular flexibility index (Phi) is 4.62. The number of benzene rings is 3. The lowest BCUT2D eigenvalue weighted by Crippen LogP contribution is -3.00. The second-order valence-electron chi connectivity index (χ2n) is 7.24. The largest absolute Gasteiger partial charge is 1.00 e. The molecular weight excluding hydrogens is 413 g/mol. The third-order valence-electron chi connectivity index (χ3n) is 4.50. The van der Waals surface area contributed by atoms with E-state index in [1.165, 1.54) is 27.1 Å². The summed E-state index contributed by atoms with van der Waals surface area (Å²) >= 11 is 0. The average Bonchev–Trinajstić information content (AvgIpc) is 2.99. The second kappa shape index (κ2) is 6.41. The lowest BCUT2D eigenvalue weighted by atomic mass is 9.95. The molecule has 1 aliphatic rings. The van der Waals surface area contributed by atoms with E-state index in [0.29, 0.717) is 6.79 Å². The molecule has 0 saturated carbocycles. The maximum Gasteiger partial charge on any atom is 0.231 e. The summed E-state index contributed by atoms with van der Waals surface area (Å²) in [6.07, 6.45) is 1.02. The molecule has 0 atom stereocenters. The summed E-state index contributed by atoms with van der Waals surface area (Å²) in [7, 11) is 6.68. The van der Waals surface area contributed by atoms with Gasteiger partial charge in [-0.05, 0) is 27.8 Å². The highest BCUT2D eigenvalue weighted by Crippen LogP contribution is 2.44. The van der Waals surface area contributed by atoms with Crippen LogP contribution >= 0.6 is 0 Å². The molecule has 1 heterocycles.